The first kappa shape index (κ1) is 10.7. The van der Waals surface area contributed by atoms with Gasteiger partial charge in [-0.05, 0) is 29.0 Å². The molecule has 0 aliphatic carbocycles. The number of hydrazine groups is 1. The van der Waals surface area contributed by atoms with Crippen molar-refractivity contribution < 1.29 is 4.84 Å². The lowest BCUT2D eigenvalue weighted by Crippen LogP contribution is -2.12. The maximum atomic E-state index is 5.88. The van der Waals surface area contributed by atoms with Gasteiger partial charge < -0.3 is 0 Å². The van der Waals surface area contributed by atoms with Crippen molar-refractivity contribution in [3.63, 3.8) is 0 Å². The predicted octanol–water partition coefficient (Wildman–Crippen LogP) is 2.97. The number of nitrogens with zero attached hydrogens (tertiary/aromatic N) is 2. The van der Waals surface area contributed by atoms with Gasteiger partial charge in [0.05, 0.1) is 6.61 Å². The number of rotatable bonds is 3. The molecule has 0 amide bonds. The van der Waals surface area contributed by atoms with Gasteiger partial charge in [0.2, 0.25) is 0 Å². The molecule has 4 heteroatoms. The molecule has 1 fully saturated rings. The number of fused-ring (bicyclic) bond motifs is 3. The molecule has 0 N–H and O–H groups in total. The Balaban J connectivity index is 1.44. The average molecular weight is 258 g/mol. The van der Waals surface area contributed by atoms with E-state index in [9.17, 15) is 0 Å². The van der Waals surface area contributed by atoms with Crippen molar-refractivity contribution in [1.82, 2.24) is 10.2 Å². The highest BCUT2D eigenvalue weighted by molar-refractivity contribution is 7.10. The van der Waals surface area contributed by atoms with Crippen molar-refractivity contribution in [2.24, 2.45) is 0 Å². The lowest BCUT2D eigenvalue weighted by Gasteiger charge is -2.07. The minimum absolute atomic E-state index is 0.373. The molecule has 0 saturated carbocycles. The summed E-state index contributed by atoms with van der Waals surface area (Å²) >= 11 is 1.84. The topological polar surface area (TPSA) is 15.2 Å². The highest BCUT2D eigenvalue weighted by Gasteiger charge is 2.51. The van der Waals surface area contributed by atoms with Crippen LogP contribution in [0.2, 0.25) is 0 Å². The maximum absolute atomic E-state index is 5.88. The van der Waals surface area contributed by atoms with Gasteiger partial charge in [-0.1, -0.05) is 35.5 Å². The van der Waals surface area contributed by atoms with Gasteiger partial charge in [0.1, 0.15) is 0 Å². The van der Waals surface area contributed by atoms with Crippen LogP contribution in [0.1, 0.15) is 22.2 Å². The fraction of sp³-hybridized carbons (Fsp3) is 0.286. The molecule has 2 aliphatic heterocycles. The first-order valence-corrected chi connectivity index (χ1v) is 7.10. The van der Waals surface area contributed by atoms with E-state index >= 15 is 0 Å². The Morgan fingerprint density at radius 3 is 3.00 bits per heavy atom. The summed E-state index contributed by atoms with van der Waals surface area (Å²) in [6, 6.07) is 12.6. The number of hydroxylamine groups is 1. The molecular formula is C14H14N2OS. The van der Waals surface area contributed by atoms with Crippen LogP contribution in [0.15, 0.2) is 41.8 Å². The minimum Gasteiger partial charge on any atom is -0.277 e. The van der Waals surface area contributed by atoms with Crippen molar-refractivity contribution >= 4 is 11.3 Å². The van der Waals surface area contributed by atoms with Gasteiger partial charge in [0.15, 0.2) is 6.17 Å². The molecule has 3 nitrogen and oxygen atoms in total. The molecule has 3 heterocycles. The van der Waals surface area contributed by atoms with Crippen LogP contribution in [0.3, 0.4) is 0 Å². The summed E-state index contributed by atoms with van der Waals surface area (Å²) in [7, 11) is 0. The van der Waals surface area contributed by atoms with E-state index < -0.39 is 0 Å². The highest BCUT2D eigenvalue weighted by Crippen LogP contribution is 2.48. The molecule has 0 bridgehead atoms. The third-order valence-corrected chi connectivity index (χ3v) is 4.52. The first-order chi connectivity index (χ1) is 8.93. The molecule has 1 aromatic heterocycles. The van der Waals surface area contributed by atoms with Crippen LogP contribution in [0.5, 0.6) is 0 Å². The first-order valence-electron chi connectivity index (χ1n) is 6.22. The van der Waals surface area contributed by atoms with Crippen LogP contribution in [-0.4, -0.2) is 16.7 Å². The zero-order valence-electron chi connectivity index (χ0n) is 9.95. The van der Waals surface area contributed by atoms with E-state index in [1.807, 2.05) is 34.7 Å². The van der Waals surface area contributed by atoms with Crippen molar-refractivity contribution in [3.05, 3.63) is 57.8 Å². The Hall–Kier alpha value is -1.20. The highest BCUT2D eigenvalue weighted by atomic mass is 32.1. The molecule has 0 spiro atoms. The number of thiophene rings is 1. The monoisotopic (exact) mass is 258 g/mol. The summed E-state index contributed by atoms with van der Waals surface area (Å²) in [6.45, 7) is 1.72. The molecule has 4 rings (SSSR count). The summed E-state index contributed by atoms with van der Waals surface area (Å²) in [5, 5.41) is 6.50. The van der Waals surface area contributed by atoms with Crippen molar-refractivity contribution in [3.8, 4) is 0 Å². The summed E-state index contributed by atoms with van der Waals surface area (Å²) in [5.41, 5.74) is 2.71. The van der Waals surface area contributed by atoms with E-state index in [2.05, 4.69) is 28.6 Å². The lowest BCUT2D eigenvalue weighted by molar-refractivity contribution is -0.136. The van der Waals surface area contributed by atoms with Gasteiger partial charge in [0, 0.05) is 11.4 Å². The van der Waals surface area contributed by atoms with E-state index in [1.54, 1.807) is 0 Å². The van der Waals surface area contributed by atoms with Crippen molar-refractivity contribution in [2.75, 3.05) is 6.54 Å². The van der Waals surface area contributed by atoms with Crippen molar-refractivity contribution in [2.45, 2.75) is 19.2 Å². The van der Waals surface area contributed by atoms with E-state index in [4.69, 9.17) is 4.84 Å². The fourth-order valence-electron chi connectivity index (χ4n) is 2.52. The lowest BCUT2D eigenvalue weighted by atomic mass is 10.1. The predicted molar refractivity (Wildman–Crippen MR) is 70.5 cm³/mol. The number of hydrogen-bond acceptors (Lipinski definition) is 4. The second-order valence-corrected chi connectivity index (χ2v) is 5.61. The summed E-state index contributed by atoms with van der Waals surface area (Å²) in [4.78, 5) is 7.33. The quantitative estimate of drug-likeness (QED) is 0.787. The van der Waals surface area contributed by atoms with Crippen molar-refractivity contribution in [1.29, 1.82) is 0 Å². The molecule has 1 aromatic carbocycles. The van der Waals surface area contributed by atoms with Crippen LogP contribution in [-0.2, 0) is 17.9 Å². The van der Waals surface area contributed by atoms with Gasteiger partial charge >= 0.3 is 0 Å². The summed E-state index contributed by atoms with van der Waals surface area (Å²) in [5.74, 6) is 0. The molecule has 2 aliphatic rings. The van der Waals surface area contributed by atoms with Crippen LogP contribution >= 0.6 is 11.3 Å². The van der Waals surface area contributed by atoms with Gasteiger partial charge in [-0.2, -0.15) is 5.01 Å². The largest absolute Gasteiger partial charge is 0.277 e. The summed E-state index contributed by atoms with van der Waals surface area (Å²) < 4.78 is 0. The van der Waals surface area contributed by atoms with Gasteiger partial charge in [-0.3, -0.25) is 4.84 Å². The molecule has 3 atom stereocenters. The Bertz CT molecular complexity index is 554. The standard InChI is InChI=1S/C14H14N2OS/c1-2-4-11(5-3-1)10-17-16-14-13-12(7-9-18-13)6-8-15(14)16/h1-5,7,9,14H,6,8,10H2. The molecule has 18 heavy (non-hydrogen) atoms. The van der Waals surface area contributed by atoms with Crippen LogP contribution in [0.4, 0.5) is 0 Å². The molecule has 3 unspecified atom stereocenters. The SMILES string of the molecule is c1ccc(CON2C3c4sccc4CCN32)cc1. The Labute approximate surface area is 110 Å². The van der Waals surface area contributed by atoms with E-state index in [1.165, 1.54) is 16.0 Å². The normalized spacial score (nSPS) is 28.6. The Kier molecular flexibility index (Phi) is 2.48. The average Bonchev–Trinajstić information content (AvgIpc) is 2.92. The van der Waals surface area contributed by atoms with Gasteiger partial charge in [-0.25, -0.2) is 0 Å². The van der Waals surface area contributed by atoms with Crippen LogP contribution < -0.4 is 0 Å². The molecule has 92 valence electrons. The second kappa shape index (κ2) is 4.17. The van der Waals surface area contributed by atoms with E-state index in [-0.39, 0.29) is 0 Å². The smallest absolute Gasteiger partial charge is 0.153 e. The second-order valence-electron chi connectivity index (χ2n) is 4.66. The zero-order chi connectivity index (χ0) is 11.9. The molecule has 0 radical (unpaired) electrons. The number of benzene rings is 1. The molecular weight excluding hydrogens is 244 g/mol. The third-order valence-electron chi connectivity index (χ3n) is 3.52. The van der Waals surface area contributed by atoms with Crippen LogP contribution in [0, 0.1) is 0 Å². The molecule has 2 aromatic rings. The minimum atomic E-state index is 0.373. The van der Waals surface area contributed by atoms with Gasteiger partial charge in [0.25, 0.3) is 0 Å². The Morgan fingerprint density at radius 1 is 1.22 bits per heavy atom. The zero-order valence-corrected chi connectivity index (χ0v) is 10.8. The molecule has 1 saturated heterocycles. The summed E-state index contributed by atoms with van der Waals surface area (Å²) in [6.07, 6.45) is 1.51. The van der Waals surface area contributed by atoms with E-state index in [0.717, 1.165) is 13.0 Å². The Morgan fingerprint density at radius 2 is 2.11 bits per heavy atom. The fourth-order valence-corrected chi connectivity index (χ4v) is 3.55. The van der Waals surface area contributed by atoms with Crippen LogP contribution in [0.25, 0.3) is 0 Å². The van der Waals surface area contributed by atoms with Gasteiger partial charge in [-0.15, -0.1) is 11.3 Å². The van der Waals surface area contributed by atoms with E-state index in [0.29, 0.717) is 12.8 Å². The number of hydrogen-bond donors (Lipinski definition) is 0. The third kappa shape index (κ3) is 1.69. The maximum Gasteiger partial charge on any atom is 0.153 e.